The zero-order chi connectivity index (χ0) is 15.3. The lowest BCUT2D eigenvalue weighted by molar-refractivity contribution is 0.0690. The van der Waals surface area contributed by atoms with E-state index in [1.165, 1.54) is 10.9 Å². The Hall–Kier alpha value is -1.85. The summed E-state index contributed by atoms with van der Waals surface area (Å²) in [5.74, 6) is -0.885. The highest BCUT2D eigenvalue weighted by Crippen LogP contribution is 2.11. The SMILES string of the molecule is CC(C)CCCC(C)NC(=O)c1c(C(=O)O)cnn1C. The molecule has 1 unspecified atom stereocenters. The molecule has 1 heterocycles. The first-order valence-electron chi connectivity index (χ1n) is 6.89. The summed E-state index contributed by atoms with van der Waals surface area (Å²) in [5, 5.41) is 15.7. The predicted octanol–water partition coefficient (Wildman–Crippen LogP) is 2.06. The molecule has 0 aliphatic rings. The van der Waals surface area contributed by atoms with Crippen molar-refractivity contribution in [1.29, 1.82) is 0 Å². The molecule has 1 aromatic heterocycles. The number of nitrogens with one attached hydrogen (secondary N) is 1. The molecule has 1 amide bonds. The second-order valence-corrected chi connectivity index (χ2v) is 5.53. The van der Waals surface area contributed by atoms with Crippen molar-refractivity contribution in [1.82, 2.24) is 15.1 Å². The van der Waals surface area contributed by atoms with Crippen LogP contribution in [0, 0.1) is 5.92 Å². The normalized spacial score (nSPS) is 12.4. The van der Waals surface area contributed by atoms with Crippen LogP contribution >= 0.6 is 0 Å². The fraction of sp³-hybridized carbons (Fsp3) is 0.643. The van der Waals surface area contributed by atoms with Gasteiger partial charge in [0.2, 0.25) is 0 Å². The van der Waals surface area contributed by atoms with Crippen LogP contribution in [-0.2, 0) is 7.05 Å². The number of aromatic nitrogens is 2. The molecule has 0 bridgehead atoms. The molecule has 0 fully saturated rings. The standard InChI is InChI=1S/C14H23N3O3/c1-9(2)6-5-7-10(3)16-13(18)12-11(14(19)20)8-15-17(12)4/h8-10H,5-7H2,1-4H3,(H,16,18)(H,19,20). The van der Waals surface area contributed by atoms with Crippen molar-refractivity contribution < 1.29 is 14.7 Å². The molecule has 0 aliphatic heterocycles. The maximum atomic E-state index is 12.1. The van der Waals surface area contributed by atoms with E-state index in [4.69, 9.17) is 5.11 Å². The number of hydrogen-bond donors (Lipinski definition) is 2. The Morgan fingerprint density at radius 1 is 1.35 bits per heavy atom. The molecule has 0 aliphatic carbocycles. The van der Waals surface area contributed by atoms with Crippen LogP contribution in [0.2, 0.25) is 0 Å². The van der Waals surface area contributed by atoms with E-state index in [-0.39, 0.29) is 23.2 Å². The molecule has 1 rings (SSSR count). The number of amides is 1. The molecular formula is C14H23N3O3. The lowest BCUT2D eigenvalue weighted by Crippen LogP contribution is -2.34. The minimum absolute atomic E-state index is 0.0118. The zero-order valence-electron chi connectivity index (χ0n) is 12.5. The van der Waals surface area contributed by atoms with Gasteiger partial charge in [-0.15, -0.1) is 0 Å². The highest BCUT2D eigenvalue weighted by Gasteiger charge is 2.22. The predicted molar refractivity (Wildman–Crippen MR) is 75.8 cm³/mol. The van der Waals surface area contributed by atoms with Gasteiger partial charge in [0.25, 0.3) is 5.91 Å². The topological polar surface area (TPSA) is 84.2 Å². The molecule has 2 N–H and O–H groups in total. The molecular weight excluding hydrogens is 258 g/mol. The van der Waals surface area contributed by atoms with Crippen molar-refractivity contribution in [3.63, 3.8) is 0 Å². The van der Waals surface area contributed by atoms with Crippen molar-refractivity contribution in [3.05, 3.63) is 17.5 Å². The monoisotopic (exact) mass is 281 g/mol. The molecule has 0 aromatic carbocycles. The van der Waals surface area contributed by atoms with E-state index in [9.17, 15) is 9.59 Å². The largest absolute Gasteiger partial charge is 0.478 e. The van der Waals surface area contributed by atoms with E-state index in [1.54, 1.807) is 7.05 Å². The fourth-order valence-corrected chi connectivity index (χ4v) is 2.06. The summed E-state index contributed by atoms with van der Waals surface area (Å²) in [7, 11) is 1.56. The third-order valence-electron chi connectivity index (χ3n) is 3.18. The number of carboxylic acids is 1. The lowest BCUT2D eigenvalue weighted by Gasteiger charge is -2.15. The van der Waals surface area contributed by atoms with Gasteiger partial charge in [0, 0.05) is 13.1 Å². The maximum Gasteiger partial charge on any atom is 0.339 e. The Bertz CT molecular complexity index is 480. The van der Waals surface area contributed by atoms with Crippen molar-refractivity contribution in [2.45, 2.75) is 46.1 Å². The number of carboxylic acid groups (broad SMARTS) is 1. The number of aryl methyl sites for hydroxylation is 1. The van der Waals surface area contributed by atoms with Crippen molar-refractivity contribution in [3.8, 4) is 0 Å². The highest BCUT2D eigenvalue weighted by molar-refractivity contribution is 6.03. The van der Waals surface area contributed by atoms with Gasteiger partial charge in [-0.3, -0.25) is 9.48 Å². The third kappa shape index (κ3) is 4.36. The van der Waals surface area contributed by atoms with Crippen molar-refractivity contribution >= 4 is 11.9 Å². The first-order chi connectivity index (χ1) is 9.32. The average Bonchev–Trinajstić information content (AvgIpc) is 2.70. The molecule has 0 spiro atoms. The molecule has 1 atom stereocenters. The van der Waals surface area contributed by atoms with Crippen LogP contribution in [-0.4, -0.2) is 32.8 Å². The molecule has 1 aromatic rings. The Morgan fingerprint density at radius 3 is 2.55 bits per heavy atom. The smallest absolute Gasteiger partial charge is 0.339 e. The van der Waals surface area contributed by atoms with Crippen LogP contribution in [0.3, 0.4) is 0 Å². The summed E-state index contributed by atoms with van der Waals surface area (Å²) in [5.41, 5.74) is 0.0209. The summed E-state index contributed by atoms with van der Waals surface area (Å²) < 4.78 is 1.29. The van der Waals surface area contributed by atoms with Crippen molar-refractivity contribution in [2.75, 3.05) is 0 Å². The van der Waals surface area contributed by atoms with Gasteiger partial charge < -0.3 is 10.4 Å². The summed E-state index contributed by atoms with van der Waals surface area (Å²) in [6, 6.07) is 0.0118. The second-order valence-electron chi connectivity index (χ2n) is 5.53. The Labute approximate surface area is 119 Å². The number of nitrogens with zero attached hydrogens (tertiary/aromatic N) is 2. The van der Waals surface area contributed by atoms with Gasteiger partial charge in [-0.25, -0.2) is 4.79 Å². The Balaban J connectivity index is 2.62. The second kappa shape index (κ2) is 7.07. The van der Waals surface area contributed by atoms with Gasteiger partial charge in [0.05, 0.1) is 6.20 Å². The minimum Gasteiger partial charge on any atom is -0.478 e. The molecule has 0 saturated heterocycles. The number of carbonyl (C=O) groups excluding carboxylic acids is 1. The maximum absolute atomic E-state index is 12.1. The zero-order valence-corrected chi connectivity index (χ0v) is 12.5. The fourth-order valence-electron chi connectivity index (χ4n) is 2.06. The number of aromatic carboxylic acids is 1. The van der Waals surface area contributed by atoms with Gasteiger partial charge in [-0.2, -0.15) is 5.10 Å². The van der Waals surface area contributed by atoms with Gasteiger partial charge in [0.1, 0.15) is 11.3 Å². The first-order valence-corrected chi connectivity index (χ1v) is 6.89. The molecule has 112 valence electrons. The van der Waals surface area contributed by atoms with Gasteiger partial charge in [0.15, 0.2) is 0 Å². The van der Waals surface area contributed by atoms with E-state index in [2.05, 4.69) is 24.3 Å². The summed E-state index contributed by atoms with van der Waals surface area (Å²) >= 11 is 0. The molecule has 0 saturated carbocycles. The molecule has 6 heteroatoms. The first kappa shape index (κ1) is 16.2. The highest BCUT2D eigenvalue weighted by atomic mass is 16.4. The van der Waals surface area contributed by atoms with E-state index >= 15 is 0 Å². The van der Waals surface area contributed by atoms with E-state index in [0.717, 1.165) is 19.3 Å². The van der Waals surface area contributed by atoms with Gasteiger partial charge in [-0.05, 0) is 19.3 Å². The van der Waals surface area contributed by atoms with Crippen LogP contribution in [0.15, 0.2) is 6.20 Å². The van der Waals surface area contributed by atoms with Crippen LogP contribution in [0.5, 0.6) is 0 Å². The Morgan fingerprint density at radius 2 is 2.00 bits per heavy atom. The molecule has 0 radical (unpaired) electrons. The van der Waals surface area contributed by atoms with E-state index < -0.39 is 5.97 Å². The van der Waals surface area contributed by atoms with Crippen molar-refractivity contribution in [2.24, 2.45) is 13.0 Å². The van der Waals surface area contributed by atoms with Gasteiger partial charge in [-0.1, -0.05) is 26.7 Å². The lowest BCUT2D eigenvalue weighted by atomic mass is 10.0. The third-order valence-corrected chi connectivity index (χ3v) is 3.18. The summed E-state index contributed by atoms with van der Waals surface area (Å²) in [4.78, 5) is 23.2. The average molecular weight is 281 g/mol. The van der Waals surface area contributed by atoms with Crippen LogP contribution in [0.4, 0.5) is 0 Å². The van der Waals surface area contributed by atoms with E-state index in [1.807, 2.05) is 6.92 Å². The van der Waals surface area contributed by atoms with Crippen LogP contribution < -0.4 is 5.32 Å². The number of rotatable bonds is 7. The summed E-state index contributed by atoms with van der Waals surface area (Å²) in [6.07, 6.45) is 4.23. The van der Waals surface area contributed by atoms with Gasteiger partial charge >= 0.3 is 5.97 Å². The van der Waals surface area contributed by atoms with Crippen LogP contribution in [0.25, 0.3) is 0 Å². The molecule has 20 heavy (non-hydrogen) atoms. The van der Waals surface area contributed by atoms with E-state index in [0.29, 0.717) is 5.92 Å². The van der Waals surface area contributed by atoms with Crippen LogP contribution in [0.1, 0.15) is 60.9 Å². The molecule has 6 nitrogen and oxygen atoms in total. The quantitative estimate of drug-likeness (QED) is 0.801. The number of hydrogen-bond acceptors (Lipinski definition) is 3. The number of carbonyl (C=O) groups is 2. The summed E-state index contributed by atoms with van der Waals surface area (Å²) in [6.45, 7) is 6.26. The Kier molecular flexibility index (Phi) is 5.73. The minimum atomic E-state index is -1.14.